The zero-order valence-electron chi connectivity index (χ0n) is 22.5. The lowest BCUT2D eigenvalue weighted by Gasteiger charge is -2.35. The van der Waals surface area contributed by atoms with Gasteiger partial charge in [0.1, 0.15) is 19.3 Å². The number of ether oxygens (including phenoxy) is 2. The molecule has 4 aromatic rings. The predicted molar refractivity (Wildman–Crippen MR) is 151 cm³/mol. The van der Waals surface area contributed by atoms with E-state index in [0.29, 0.717) is 12.1 Å². The maximum absolute atomic E-state index is 14.6. The van der Waals surface area contributed by atoms with Crippen LogP contribution in [0.15, 0.2) is 121 Å². The first kappa shape index (κ1) is 26.5. The van der Waals surface area contributed by atoms with Gasteiger partial charge in [0.25, 0.3) is 0 Å². The van der Waals surface area contributed by atoms with Gasteiger partial charge in [0.15, 0.2) is 0 Å². The van der Waals surface area contributed by atoms with Crippen LogP contribution in [0.3, 0.4) is 0 Å². The quantitative estimate of drug-likeness (QED) is 0.218. The monoisotopic (exact) mass is 546 g/mol. The van der Waals surface area contributed by atoms with Gasteiger partial charge in [-0.3, -0.25) is 19.4 Å². The lowest BCUT2D eigenvalue weighted by molar-refractivity contribution is -0.178. The van der Waals surface area contributed by atoms with Crippen LogP contribution in [0.25, 0.3) is 0 Å². The van der Waals surface area contributed by atoms with Crippen LogP contribution in [-0.2, 0) is 37.1 Å². The second-order valence-corrected chi connectivity index (χ2v) is 10.3. The van der Waals surface area contributed by atoms with Crippen LogP contribution in [0.1, 0.15) is 40.8 Å². The number of fused-ring (bicyclic) bond motifs is 1. The maximum Gasteiger partial charge on any atom is 0.328 e. The molecule has 41 heavy (non-hydrogen) atoms. The Hall–Kier alpha value is -4.75. The van der Waals surface area contributed by atoms with Crippen molar-refractivity contribution in [3.63, 3.8) is 0 Å². The third-order valence-corrected chi connectivity index (χ3v) is 7.82. The number of esters is 2. The number of hydrogen-bond acceptors (Lipinski definition) is 6. The third-order valence-electron chi connectivity index (χ3n) is 7.82. The second-order valence-electron chi connectivity index (χ2n) is 10.3. The molecule has 7 nitrogen and oxygen atoms in total. The topological polar surface area (TPSA) is 76.1 Å². The molecular formula is C34H30N2O5. The SMILES string of the molecule is O=C1CCN2[C@H](c3ccccc3)C(C(=O)OCc3ccccc3)(C(=O)OCc3ccccc3)[C@@H](c3ccccc3)N12. The van der Waals surface area contributed by atoms with Crippen molar-refractivity contribution in [2.24, 2.45) is 5.41 Å². The number of carbonyl (C=O) groups is 3. The van der Waals surface area contributed by atoms with E-state index >= 15 is 0 Å². The molecule has 4 aromatic carbocycles. The molecule has 0 aliphatic carbocycles. The zero-order valence-corrected chi connectivity index (χ0v) is 22.5. The molecule has 7 heteroatoms. The van der Waals surface area contributed by atoms with Crippen LogP contribution in [0, 0.1) is 5.41 Å². The number of amides is 1. The first-order valence-electron chi connectivity index (χ1n) is 13.7. The third kappa shape index (κ3) is 4.78. The van der Waals surface area contributed by atoms with Crippen molar-refractivity contribution >= 4 is 17.8 Å². The summed E-state index contributed by atoms with van der Waals surface area (Å²) in [5.41, 5.74) is 1.05. The van der Waals surface area contributed by atoms with Crippen molar-refractivity contribution in [1.82, 2.24) is 10.0 Å². The number of hydrazine groups is 1. The van der Waals surface area contributed by atoms with Gasteiger partial charge in [-0.15, -0.1) is 0 Å². The summed E-state index contributed by atoms with van der Waals surface area (Å²) in [6.07, 6.45) is 0.279. The highest BCUT2D eigenvalue weighted by Gasteiger charge is 2.72. The van der Waals surface area contributed by atoms with Crippen LogP contribution in [-0.4, -0.2) is 34.4 Å². The maximum atomic E-state index is 14.6. The summed E-state index contributed by atoms with van der Waals surface area (Å²) in [6.45, 7) is 0.316. The van der Waals surface area contributed by atoms with Crippen LogP contribution in [0.5, 0.6) is 0 Å². The summed E-state index contributed by atoms with van der Waals surface area (Å²) < 4.78 is 12.0. The Labute approximate surface area is 238 Å². The van der Waals surface area contributed by atoms with Crippen LogP contribution < -0.4 is 0 Å². The molecule has 2 saturated heterocycles. The van der Waals surface area contributed by atoms with E-state index in [1.165, 1.54) is 0 Å². The van der Waals surface area contributed by atoms with Gasteiger partial charge in [0, 0.05) is 13.0 Å². The number of rotatable bonds is 8. The van der Waals surface area contributed by atoms with E-state index in [1.807, 2.05) is 126 Å². The molecule has 2 aliphatic heterocycles. The van der Waals surface area contributed by atoms with Gasteiger partial charge in [-0.2, -0.15) is 0 Å². The second kappa shape index (κ2) is 11.4. The van der Waals surface area contributed by atoms with Crippen molar-refractivity contribution in [2.75, 3.05) is 6.54 Å². The average Bonchev–Trinajstić information content (AvgIpc) is 3.55. The Morgan fingerprint density at radius 1 is 0.634 bits per heavy atom. The van der Waals surface area contributed by atoms with Gasteiger partial charge in [-0.25, -0.2) is 5.01 Å². The van der Waals surface area contributed by atoms with Crippen molar-refractivity contribution in [1.29, 1.82) is 0 Å². The Bertz CT molecular complexity index is 1460. The summed E-state index contributed by atoms with van der Waals surface area (Å²) in [5.74, 6) is -1.62. The fraction of sp³-hybridized carbons (Fsp3) is 0.206. The molecular weight excluding hydrogens is 516 g/mol. The highest BCUT2D eigenvalue weighted by Crippen LogP contribution is 2.60. The standard InChI is InChI=1S/C34H30N2O5/c37-29-21-22-35-30(27-17-9-3-10-18-27)34(31(36(29)35)28-19-11-4-12-20-28,32(38)40-23-25-13-5-1-6-14-25)33(39)41-24-26-15-7-2-8-16-26/h1-20,30-31H,21-24H2/t30-,31-/m1/s1. The van der Waals surface area contributed by atoms with Crippen molar-refractivity contribution < 1.29 is 23.9 Å². The summed E-state index contributed by atoms with van der Waals surface area (Å²) in [5, 5.41) is 3.43. The van der Waals surface area contributed by atoms with E-state index < -0.39 is 29.4 Å². The highest BCUT2D eigenvalue weighted by molar-refractivity contribution is 6.04. The van der Waals surface area contributed by atoms with Gasteiger partial charge < -0.3 is 9.47 Å². The molecule has 0 bridgehead atoms. The number of benzene rings is 4. The summed E-state index contributed by atoms with van der Waals surface area (Å²) >= 11 is 0. The van der Waals surface area contributed by atoms with Gasteiger partial charge in [-0.05, 0) is 22.3 Å². The minimum atomic E-state index is -1.90. The molecule has 2 atom stereocenters. The van der Waals surface area contributed by atoms with Crippen molar-refractivity contribution in [3.8, 4) is 0 Å². The number of nitrogens with zero attached hydrogens (tertiary/aromatic N) is 2. The van der Waals surface area contributed by atoms with Gasteiger partial charge in [0.2, 0.25) is 11.3 Å². The molecule has 1 amide bonds. The molecule has 206 valence electrons. The zero-order chi connectivity index (χ0) is 28.2. The van der Waals surface area contributed by atoms with E-state index in [0.717, 1.165) is 16.7 Å². The van der Waals surface area contributed by atoms with E-state index in [9.17, 15) is 14.4 Å². The molecule has 6 rings (SSSR count). The molecule has 2 aliphatic rings. The molecule has 0 N–H and O–H groups in total. The minimum Gasteiger partial charge on any atom is -0.460 e. The van der Waals surface area contributed by atoms with Gasteiger partial charge in [-0.1, -0.05) is 121 Å². The van der Waals surface area contributed by atoms with Crippen LogP contribution >= 0.6 is 0 Å². The Morgan fingerprint density at radius 3 is 1.51 bits per heavy atom. The van der Waals surface area contributed by atoms with E-state index in [1.54, 1.807) is 5.01 Å². The minimum absolute atomic E-state index is 0.0235. The van der Waals surface area contributed by atoms with E-state index in [-0.39, 0.29) is 25.5 Å². The van der Waals surface area contributed by atoms with Crippen LogP contribution in [0.2, 0.25) is 0 Å². The molecule has 2 fully saturated rings. The molecule has 0 saturated carbocycles. The molecule has 2 heterocycles. The van der Waals surface area contributed by atoms with Crippen molar-refractivity contribution in [2.45, 2.75) is 31.7 Å². The van der Waals surface area contributed by atoms with Gasteiger partial charge >= 0.3 is 11.9 Å². The lowest BCUT2D eigenvalue weighted by atomic mass is 9.70. The first-order valence-corrected chi connectivity index (χ1v) is 13.7. The first-order chi connectivity index (χ1) is 20.1. The fourth-order valence-corrected chi connectivity index (χ4v) is 6.02. The van der Waals surface area contributed by atoms with E-state index in [2.05, 4.69) is 0 Å². The highest BCUT2D eigenvalue weighted by atomic mass is 16.6. The van der Waals surface area contributed by atoms with Crippen LogP contribution in [0.4, 0.5) is 0 Å². The predicted octanol–water partition coefficient (Wildman–Crippen LogP) is 5.41. The summed E-state index contributed by atoms with van der Waals surface area (Å²) in [4.78, 5) is 42.7. The Morgan fingerprint density at radius 2 is 1.05 bits per heavy atom. The Balaban J connectivity index is 1.52. The smallest absolute Gasteiger partial charge is 0.328 e. The van der Waals surface area contributed by atoms with E-state index in [4.69, 9.17) is 9.47 Å². The normalized spacial score (nSPS) is 19.5. The molecule has 0 aromatic heterocycles. The average molecular weight is 547 g/mol. The summed E-state index contributed by atoms with van der Waals surface area (Å²) in [6, 6.07) is 35.4. The summed E-state index contributed by atoms with van der Waals surface area (Å²) in [7, 11) is 0. The molecule has 0 unspecified atom stereocenters. The van der Waals surface area contributed by atoms with Gasteiger partial charge in [0.05, 0.1) is 6.04 Å². The molecule has 0 radical (unpaired) electrons. The largest absolute Gasteiger partial charge is 0.460 e. The molecule has 0 spiro atoms. The Kier molecular flexibility index (Phi) is 7.35. The number of hydrogen-bond donors (Lipinski definition) is 0. The lowest BCUT2D eigenvalue weighted by Crippen LogP contribution is -2.50. The fourth-order valence-electron chi connectivity index (χ4n) is 6.02. The number of carbonyl (C=O) groups excluding carboxylic acids is 3. The van der Waals surface area contributed by atoms with Crippen molar-refractivity contribution in [3.05, 3.63) is 144 Å².